The van der Waals surface area contributed by atoms with Crippen LogP contribution in [0.5, 0.6) is 0 Å². The van der Waals surface area contributed by atoms with Gasteiger partial charge >= 0.3 is 5.97 Å². The summed E-state index contributed by atoms with van der Waals surface area (Å²) in [5.74, 6) is 0.276. The summed E-state index contributed by atoms with van der Waals surface area (Å²) in [7, 11) is 3.88. The SMILES string of the molecule is C[C@@H](OC(=O)c1ccc(N(C)C)cc1)c1nnc(-c2cccs2)o1. The second kappa shape index (κ2) is 6.84. The number of esters is 1. The fourth-order valence-corrected chi connectivity index (χ4v) is 2.72. The molecule has 0 saturated heterocycles. The zero-order chi connectivity index (χ0) is 17.1. The molecule has 2 heterocycles. The van der Waals surface area contributed by atoms with Crippen molar-refractivity contribution in [2.75, 3.05) is 19.0 Å². The van der Waals surface area contributed by atoms with E-state index in [4.69, 9.17) is 9.15 Å². The number of benzene rings is 1. The van der Waals surface area contributed by atoms with Gasteiger partial charge in [0.2, 0.25) is 0 Å². The van der Waals surface area contributed by atoms with Crippen molar-refractivity contribution in [2.24, 2.45) is 0 Å². The first-order chi connectivity index (χ1) is 11.5. The Morgan fingerprint density at radius 1 is 1.21 bits per heavy atom. The Balaban J connectivity index is 1.68. The maximum absolute atomic E-state index is 12.2. The van der Waals surface area contributed by atoms with Gasteiger partial charge in [-0.2, -0.15) is 0 Å². The summed E-state index contributed by atoms with van der Waals surface area (Å²) in [5.41, 5.74) is 1.49. The first-order valence-electron chi connectivity index (χ1n) is 7.40. The van der Waals surface area contributed by atoms with Gasteiger partial charge in [0.1, 0.15) is 0 Å². The predicted molar refractivity (Wildman–Crippen MR) is 92.2 cm³/mol. The number of rotatable bonds is 5. The Morgan fingerprint density at radius 3 is 2.58 bits per heavy atom. The van der Waals surface area contributed by atoms with E-state index in [1.807, 2.05) is 48.6 Å². The van der Waals surface area contributed by atoms with E-state index in [2.05, 4.69) is 10.2 Å². The van der Waals surface area contributed by atoms with Crippen LogP contribution in [0, 0.1) is 0 Å². The second-order valence-corrected chi connectivity index (χ2v) is 6.36. The Kier molecular flexibility index (Phi) is 4.61. The Labute approximate surface area is 143 Å². The highest BCUT2D eigenvalue weighted by Crippen LogP contribution is 2.26. The molecule has 124 valence electrons. The summed E-state index contributed by atoms with van der Waals surface area (Å²) in [4.78, 5) is 15.1. The van der Waals surface area contributed by atoms with E-state index in [9.17, 15) is 4.79 Å². The molecule has 0 spiro atoms. The molecule has 0 aliphatic heterocycles. The smallest absolute Gasteiger partial charge is 0.338 e. The number of hydrogen-bond acceptors (Lipinski definition) is 7. The zero-order valence-electron chi connectivity index (χ0n) is 13.6. The summed E-state index contributed by atoms with van der Waals surface area (Å²) in [6.45, 7) is 1.71. The molecule has 3 aromatic rings. The molecule has 0 unspecified atom stereocenters. The number of anilines is 1. The number of nitrogens with zero attached hydrogens (tertiary/aromatic N) is 3. The molecule has 2 aromatic heterocycles. The minimum Gasteiger partial charge on any atom is -0.449 e. The highest BCUT2D eigenvalue weighted by molar-refractivity contribution is 7.13. The van der Waals surface area contributed by atoms with Gasteiger partial charge in [0.05, 0.1) is 10.4 Å². The molecule has 0 N–H and O–H groups in total. The third-order valence-electron chi connectivity index (χ3n) is 3.42. The Bertz CT molecular complexity index is 810. The van der Waals surface area contributed by atoms with Gasteiger partial charge in [-0.05, 0) is 42.6 Å². The van der Waals surface area contributed by atoms with Crippen LogP contribution in [0.25, 0.3) is 10.8 Å². The average Bonchev–Trinajstić information content (AvgIpc) is 3.26. The lowest BCUT2D eigenvalue weighted by molar-refractivity contribution is 0.0280. The van der Waals surface area contributed by atoms with Gasteiger partial charge in [-0.3, -0.25) is 0 Å². The minimum atomic E-state index is -0.618. The van der Waals surface area contributed by atoms with Gasteiger partial charge in [0.25, 0.3) is 11.8 Å². The first-order valence-corrected chi connectivity index (χ1v) is 8.28. The van der Waals surface area contributed by atoms with Gasteiger partial charge < -0.3 is 14.1 Å². The van der Waals surface area contributed by atoms with Gasteiger partial charge in [-0.15, -0.1) is 21.5 Å². The molecular weight excluding hydrogens is 326 g/mol. The van der Waals surface area contributed by atoms with Gasteiger partial charge in [-0.25, -0.2) is 4.79 Å². The van der Waals surface area contributed by atoms with Crippen molar-refractivity contribution in [3.8, 4) is 10.8 Å². The number of ether oxygens (including phenoxy) is 1. The van der Waals surface area contributed by atoms with Crippen LogP contribution in [0.1, 0.15) is 29.3 Å². The molecule has 0 amide bonds. The van der Waals surface area contributed by atoms with Gasteiger partial charge in [0.15, 0.2) is 6.10 Å². The largest absolute Gasteiger partial charge is 0.449 e. The van der Waals surface area contributed by atoms with Crippen LogP contribution < -0.4 is 4.90 Å². The monoisotopic (exact) mass is 343 g/mol. The molecule has 1 atom stereocenters. The molecule has 0 bridgehead atoms. The van der Waals surface area contributed by atoms with E-state index in [-0.39, 0.29) is 5.89 Å². The highest BCUT2D eigenvalue weighted by Gasteiger charge is 2.20. The van der Waals surface area contributed by atoms with Crippen molar-refractivity contribution in [2.45, 2.75) is 13.0 Å². The minimum absolute atomic E-state index is 0.275. The van der Waals surface area contributed by atoms with E-state index in [0.717, 1.165) is 10.6 Å². The van der Waals surface area contributed by atoms with Crippen LogP contribution >= 0.6 is 11.3 Å². The highest BCUT2D eigenvalue weighted by atomic mass is 32.1. The van der Waals surface area contributed by atoms with Crippen molar-refractivity contribution < 1.29 is 13.9 Å². The number of carbonyl (C=O) groups excluding carboxylic acids is 1. The summed E-state index contributed by atoms with van der Waals surface area (Å²) in [5, 5.41) is 9.88. The van der Waals surface area contributed by atoms with Crippen LogP contribution in [0.4, 0.5) is 5.69 Å². The van der Waals surface area contributed by atoms with Crippen LogP contribution in [0.3, 0.4) is 0 Å². The van der Waals surface area contributed by atoms with E-state index in [1.54, 1.807) is 19.1 Å². The molecule has 0 radical (unpaired) electrons. The Morgan fingerprint density at radius 2 is 1.96 bits per heavy atom. The maximum Gasteiger partial charge on any atom is 0.338 e. The molecule has 0 saturated carbocycles. The van der Waals surface area contributed by atoms with E-state index in [0.29, 0.717) is 11.5 Å². The number of aromatic nitrogens is 2. The van der Waals surface area contributed by atoms with Crippen molar-refractivity contribution in [1.82, 2.24) is 10.2 Å². The molecule has 6 nitrogen and oxygen atoms in total. The molecular formula is C17H17N3O3S. The lowest BCUT2D eigenvalue weighted by atomic mass is 10.2. The summed E-state index contributed by atoms with van der Waals surface area (Å²) in [6.07, 6.45) is -0.618. The van der Waals surface area contributed by atoms with E-state index in [1.165, 1.54) is 11.3 Å². The molecule has 0 aliphatic carbocycles. The van der Waals surface area contributed by atoms with Gasteiger partial charge in [-0.1, -0.05) is 6.07 Å². The van der Waals surface area contributed by atoms with Crippen molar-refractivity contribution in [1.29, 1.82) is 0 Å². The second-order valence-electron chi connectivity index (χ2n) is 5.41. The summed E-state index contributed by atoms with van der Waals surface area (Å²) >= 11 is 1.51. The zero-order valence-corrected chi connectivity index (χ0v) is 14.4. The van der Waals surface area contributed by atoms with Crippen molar-refractivity contribution in [3.05, 3.63) is 53.2 Å². The van der Waals surface area contributed by atoms with Gasteiger partial charge in [0, 0.05) is 19.8 Å². The van der Waals surface area contributed by atoms with Crippen molar-refractivity contribution >= 4 is 23.0 Å². The predicted octanol–water partition coefficient (Wildman–Crippen LogP) is 3.78. The van der Waals surface area contributed by atoms with Crippen molar-refractivity contribution in [3.63, 3.8) is 0 Å². The fourth-order valence-electron chi connectivity index (χ4n) is 2.07. The molecule has 0 aliphatic rings. The molecule has 3 rings (SSSR count). The molecule has 24 heavy (non-hydrogen) atoms. The maximum atomic E-state index is 12.2. The molecule has 1 aromatic carbocycles. The first kappa shape index (κ1) is 16.2. The van der Waals surface area contributed by atoms with E-state index >= 15 is 0 Å². The number of hydrogen-bond donors (Lipinski definition) is 0. The number of carbonyl (C=O) groups is 1. The molecule has 0 fully saturated rings. The Hall–Kier alpha value is -2.67. The third kappa shape index (κ3) is 3.46. The van der Waals surface area contributed by atoms with Crippen LogP contribution in [0.15, 0.2) is 46.2 Å². The summed E-state index contributed by atoms with van der Waals surface area (Å²) in [6, 6.07) is 11.0. The average molecular weight is 343 g/mol. The number of thiophene rings is 1. The van der Waals surface area contributed by atoms with Crippen LogP contribution in [-0.4, -0.2) is 30.3 Å². The topological polar surface area (TPSA) is 68.5 Å². The van der Waals surface area contributed by atoms with Crippen LogP contribution in [-0.2, 0) is 4.74 Å². The van der Waals surface area contributed by atoms with Crippen LogP contribution in [0.2, 0.25) is 0 Å². The lowest BCUT2D eigenvalue weighted by Gasteiger charge is -2.13. The quantitative estimate of drug-likeness (QED) is 0.657. The molecule has 7 heteroatoms. The fraction of sp³-hybridized carbons (Fsp3) is 0.235. The van der Waals surface area contributed by atoms with E-state index < -0.39 is 12.1 Å². The normalized spacial score (nSPS) is 12.0. The standard InChI is InChI=1S/C17H17N3O3S/c1-11(15-18-19-16(23-15)14-5-4-10-24-14)22-17(21)12-6-8-13(9-7-12)20(2)3/h4-11H,1-3H3/t11-/m1/s1. The lowest BCUT2D eigenvalue weighted by Crippen LogP contribution is -2.11. The third-order valence-corrected chi connectivity index (χ3v) is 4.28. The summed E-state index contributed by atoms with van der Waals surface area (Å²) < 4.78 is 11.0.